The second-order valence-corrected chi connectivity index (χ2v) is 4.04. The Labute approximate surface area is 114 Å². The Morgan fingerprint density at radius 1 is 1.40 bits per heavy atom. The molecule has 0 saturated carbocycles. The first-order chi connectivity index (χ1) is 9.36. The van der Waals surface area contributed by atoms with Gasteiger partial charge in [0, 0.05) is 25.4 Å². The van der Waals surface area contributed by atoms with Crippen LogP contribution in [-0.2, 0) is 10.9 Å². The van der Waals surface area contributed by atoms with Crippen molar-refractivity contribution in [2.75, 3.05) is 25.1 Å². The Kier molecular flexibility index (Phi) is 5.82. The third-order valence-corrected chi connectivity index (χ3v) is 2.55. The molecular weight excluding hydrogens is 275 g/mol. The van der Waals surface area contributed by atoms with Crippen molar-refractivity contribution >= 4 is 11.7 Å². The highest BCUT2D eigenvalue weighted by Gasteiger charge is 2.35. The van der Waals surface area contributed by atoms with Crippen LogP contribution < -0.4 is 5.32 Å². The molecule has 0 heterocycles. The monoisotopic (exact) mass is 291 g/mol. The van der Waals surface area contributed by atoms with Crippen LogP contribution >= 0.6 is 0 Å². The molecule has 0 unspecified atom stereocenters. The van der Waals surface area contributed by atoms with Crippen molar-refractivity contribution in [3.8, 4) is 0 Å². The second kappa shape index (κ2) is 7.14. The van der Waals surface area contributed by atoms with Crippen LogP contribution in [0.25, 0.3) is 0 Å². The average Bonchev–Trinajstić information content (AvgIpc) is 2.37. The standard InChI is InChI=1S/C13H16F3NO3/c1-2-20-7-3-6-17-9-4-5-11(13(14,15)16)10(8-9)12(18)19/h4-5,8,17H,2-3,6-7H2,1H3,(H,18,19). The minimum Gasteiger partial charge on any atom is -0.478 e. The molecule has 0 aromatic heterocycles. The van der Waals surface area contributed by atoms with E-state index in [4.69, 9.17) is 9.84 Å². The molecule has 0 aliphatic carbocycles. The van der Waals surface area contributed by atoms with E-state index in [0.717, 1.165) is 12.1 Å². The fraction of sp³-hybridized carbons (Fsp3) is 0.462. The first-order valence-corrected chi connectivity index (χ1v) is 6.12. The quantitative estimate of drug-likeness (QED) is 0.757. The lowest BCUT2D eigenvalue weighted by Crippen LogP contribution is -2.14. The maximum atomic E-state index is 12.6. The molecule has 0 atom stereocenters. The van der Waals surface area contributed by atoms with E-state index in [-0.39, 0.29) is 0 Å². The third-order valence-electron chi connectivity index (χ3n) is 2.55. The normalized spacial score (nSPS) is 11.4. The van der Waals surface area contributed by atoms with Gasteiger partial charge in [-0.2, -0.15) is 13.2 Å². The summed E-state index contributed by atoms with van der Waals surface area (Å²) in [7, 11) is 0. The number of nitrogens with one attached hydrogen (secondary N) is 1. The van der Waals surface area contributed by atoms with E-state index in [1.807, 2.05) is 6.92 Å². The predicted octanol–water partition coefficient (Wildman–Crippen LogP) is 3.24. The van der Waals surface area contributed by atoms with Gasteiger partial charge in [-0.25, -0.2) is 4.79 Å². The number of hydrogen-bond acceptors (Lipinski definition) is 3. The van der Waals surface area contributed by atoms with Gasteiger partial charge >= 0.3 is 12.1 Å². The van der Waals surface area contributed by atoms with Crippen molar-refractivity contribution < 1.29 is 27.8 Å². The number of carbonyl (C=O) groups is 1. The number of aromatic carboxylic acids is 1. The molecule has 1 aromatic rings. The van der Waals surface area contributed by atoms with Gasteiger partial charge in [0.25, 0.3) is 0 Å². The van der Waals surface area contributed by atoms with Crippen molar-refractivity contribution in [1.29, 1.82) is 0 Å². The number of anilines is 1. The van der Waals surface area contributed by atoms with Crippen molar-refractivity contribution in [2.45, 2.75) is 19.5 Å². The number of ether oxygens (including phenoxy) is 1. The van der Waals surface area contributed by atoms with Gasteiger partial charge in [0.05, 0.1) is 11.1 Å². The van der Waals surface area contributed by atoms with Crippen molar-refractivity contribution in [3.05, 3.63) is 29.3 Å². The van der Waals surface area contributed by atoms with Crippen molar-refractivity contribution in [2.24, 2.45) is 0 Å². The van der Waals surface area contributed by atoms with Crippen molar-refractivity contribution in [1.82, 2.24) is 0 Å². The molecular formula is C13H16F3NO3. The fourth-order valence-corrected chi connectivity index (χ4v) is 1.63. The molecule has 7 heteroatoms. The molecule has 2 N–H and O–H groups in total. The summed E-state index contributed by atoms with van der Waals surface area (Å²) in [5.74, 6) is -1.60. The van der Waals surface area contributed by atoms with Gasteiger partial charge in [-0.3, -0.25) is 0 Å². The molecule has 112 valence electrons. The van der Waals surface area contributed by atoms with E-state index in [2.05, 4.69) is 5.32 Å². The third kappa shape index (κ3) is 4.73. The van der Waals surface area contributed by atoms with Crippen LogP contribution in [0.1, 0.15) is 29.3 Å². The topological polar surface area (TPSA) is 58.6 Å². The molecule has 1 rings (SSSR count). The Bertz CT molecular complexity index is 461. The highest BCUT2D eigenvalue weighted by Crippen LogP contribution is 2.33. The van der Waals surface area contributed by atoms with E-state index in [1.54, 1.807) is 0 Å². The summed E-state index contributed by atoms with van der Waals surface area (Å²) in [6.45, 7) is 3.49. The minimum absolute atomic E-state index is 0.340. The van der Waals surface area contributed by atoms with Gasteiger partial charge in [0.2, 0.25) is 0 Å². The summed E-state index contributed by atoms with van der Waals surface area (Å²) in [6, 6.07) is 2.98. The summed E-state index contributed by atoms with van der Waals surface area (Å²) in [6.07, 6.45) is -4.00. The van der Waals surface area contributed by atoms with E-state index in [1.165, 1.54) is 6.07 Å². The van der Waals surface area contributed by atoms with Crippen LogP contribution in [0.4, 0.5) is 18.9 Å². The zero-order chi connectivity index (χ0) is 15.2. The Morgan fingerprint density at radius 2 is 2.10 bits per heavy atom. The predicted molar refractivity (Wildman–Crippen MR) is 68.0 cm³/mol. The molecule has 0 amide bonds. The number of carboxylic acid groups (broad SMARTS) is 1. The molecule has 0 spiro atoms. The molecule has 1 aromatic carbocycles. The lowest BCUT2D eigenvalue weighted by Gasteiger charge is -2.13. The fourth-order valence-electron chi connectivity index (χ4n) is 1.63. The Balaban J connectivity index is 2.76. The van der Waals surface area contributed by atoms with E-state index in [9.17, 15) is 18.0 Å². The van der Waals surface area contributed by atoms with E-state index < -0.39 is 23.3 Å². The van der Waals surface area contributed by atoms with Crippen LogP contribution in [0.5, 0.6) is 0 Å². The number of carboxylic acids is 1. The molecule has 4 nitrogen and oxygen atoms in total. The molecule has 0 saturated heterocycles. The largest absolute Gasteiger partial charge is 0.478 e. The van der Waals surface area contributed by atoms with Crippen molar-refractivity contribution in [3.63, 3.8) is 0 Å². The maximum Gasteiger partial charge on any atom is 0.417 e. The Hall–Kier alpha value is -1.76. The van der Waals surface area contributed by atoms with Gasteiger partial charge < -0.3 is 15.2 Å². The summed E-state index contributed by atoms with van der Waals surface area (Å²) in [5, 5.41) is 11.7. The van der Waals surface area contributed by atoms with Gasteiger partial charge in [0.1, 0.15) is 0 Å². The summed E-state index contributed by atoms with van der Waals surface area (Å²) in [4.78, 5) is 10.9. The first kappa shape index (κ1) is 16.3. The summed E-state index contributed by atoms with van der Waals surface area (Å²) in [5.41, 5.74) is -1.57. The van der Waals surface area contributed by atoms with Gasteiger partial charge in [-0.05, 0) is 31.5 Å². The second-order valence-electron chi connectivity index (χ2n) is 4.04. The smallest absolute Gasteiger partial charge is 0.417 e. The molecule has 0 bridgehead atoms. The van der Waals surface area contributed by atoms with Crippen LogP contribution in [0.3, 0.4) is 0 Å². The van der Waals surface area contributed by atoms with E-state index in [0.29, 0.717) is 31.9 Å². The number of alkyl halides is 3. The van der Waals surface area contributed by atoms with E-state index >= 15 is 0 Å². The van der Waals surface area contributed by atoms with Gasteiger partial charge in [-0.15, -0.1) is 0 Å². The summed E-state index contributed by atoms with van der Waals surface area (Å²) < 4.78 is 43.0. The van der Waals surface area contributed by atoms with Crippen LogP contribution in [-0.4, -0.2) is 30.8 Å². The van der Waals surface area contributed by atoms with Crippen LogP contribution in [0, 0.1) is 0 Å². The average molecular weight is 291 g/mol. The molecule has 0 aliphatic rings. The summed E-state index contributed by atoms with van der Waals surface area (Å²) >= 11 is 0. The SMILES string of the molecule is CCOCCCNc1ccc(C(F)(F)F)c(C(=O)O)c1. The lowest BCUT2D eigenvalue weighted by atomic mass is 10.1. The highest BCUT2D eigenvalue weighted by molar-refractivity contribution is 5.91. The number of halogens is 3. The number of hydrogen-bond donors (Lipinski definition) is 2. The zero-order valence-corrected chi connectivity index (χ0v) is 11.0. The van der Waals surface area contributed by atoms with Crippen LogP contribution in [0.2, 0.25) is 0 Å². The van der Waals surface area contributed by atoms with Gasteiger partial charge in [0.15, 0.2) is 0 Å². The molecule has 0 radical (unpaired) electrons. The maximum absolute atomic E-state index is 12.6. The lowest BCUT2D eigenvalue weighted by molar-refractivity contribution is -0.138. The van der Waals surface area contributed by atoms with Crippen LogP contribution in [0.15, 0.2) is 18.2 Å². The number of benzene rings is 1. The highest BCUT2D eigenvalue weighted by atomic mass is 19.4. The number of rotatable bonds is 7. The molecule has 0 aliphatic heterocycles. The molecule has 0 fully saturated rings. The van der Waals surface area contributed by atoms with Gasteiger partial charge in [-0.1, -0.05) is 0 Å². The molecule has 20 heavy (non-hydrogen) atoms. The first-order valence-electron chi connectivity index (χ1n) is 6.12. The zero-order valence-electron chi connectivity index (χ0n) is 11.0. The Morgan fingerprint density at radius 3 is 2.65 bits per heavy atom. The minimum atomic E-state index is -4.68.